The zero-order chi connectivity index (χ0) is 11.3. The van der Waals surface area contributed by atoms with Crippen LogP contribution in [0.15, 0.2) is 0 Å². The highest BCUT2D eigenvalue weighted by Crippen LogP contribution is 2.45. The average molecular weight is 183 g/mol. The SMILES string of the molecule is [2H]C([2H])(C(C)(C)C)C12CCCN1CCC2. The van der Waals surface area contributed by atoms with Crippen LogP contribution in [0.5, 0.6) is 0 Å². The molecule has 0 aliphatic carbocycles. The van der Waals surface area contributed by atoms with Gasteiger partial charge in [-0.3, -0.25) is 4.90 Å². The fourth-order valence-electron chi connectivity index (χ4n) is 3.01. The van der Waals surface area contributed by atoms with E-state index in [4.69, 9.17) is 2.74 Å². The van der Waals surface area contributed by atoms with Crippen LogP contribution < -0.4 is 0 Å². The minimum Gasteiger partial charge on any atom is -0.298 e. The van der Waals surface area contributed by atoms with Gasteiger partial charge in [-0.05, 0) is 50.6 Å². The van der Waals surface area contributed by atoms with E-state index in [2.05, 4.69) is 4.90 Å². The van der Waals surface area contributed by atoms with Crippen molar-refractivity contribution in [2.45, 2.75) is 58.4 Å². The van der Waals surface area contributed by atoms with Gasteiger partial charge in [0.1, 0.15) is 0 Å². The van der Waals surface area contributed by atoms with E-state index in [0.29, 0.717) is 0 Å². The molecule has 0 aromatic rings. The second kappa shape index (κ2) is 2.98. The van der Waals surface area contributed by atoms with Crippen molar-refractivity contribution in [3.05, 3.63) is 0 Å². The van der Waals surface area contributed by atoms with E-state index in [9.17, 15) is 0 Å². The molecule has 76 valence electrons. The molecule has 2 aliphatic rings. The van der Waals surface area contributed by atoms with Crippen LogP contribution in [0.25, 0.3) is 0 Å². The van der Waals surface area contributed by atoms with Crippen LogP contribution in [0, 0.1) is 5.41 Å². The summed E-state index contributed by atoms with van der Waals surface area (Å²) in [4.78, 5) is 2.41. The second-order valence-electron chi connectivity index (χ2n) is 5.60. The van der Waals surface area contributed by atoms with Crippen LogP contribution in [0.3, 0.4) is 0 Å². The van der Waals surface area contributed by atoms with E-state index in [0.717, 1.165) is 25.9 Å². The van der Waals surface area contributed by atoms with E-state index in [1.165, 1.54) is 12.8 Å². The Morgan fingerprint density at radius 1 is 1.23 bits per heavy atom. The summed E-state index contributed by atoms with van der Waals surface area (Å²) in [5.41, 5.74) is -0.412. The Hall–Kier alpha value is -0.0400. The molecule has 2 aliphatic heterocycles. The smallest absolute Gasteiger partial charge is 0.0291 e. The molecule has 0 aromatic carbocycles. The Labute approximate surface area is 85.3 Å². The quantitative estimate of drug-likeness (QED) is 0.604. The van der Waals surface area contributed by atoms with Gasteiger partial charge in [-0.25, -0.2) is 0 Å². The first kappa shape index (κ1) is 7.28. The Morgan fingerprint density at radius 2 is 1.77 bits per heavy atom. The van der Waals surface area contributed by atoms with E-state index < -0.39 is 6.37 Å². The van der Waals surface area contributed by atoms with Crippen molar-refractivity contribution in [2.24, 2.45) is 5.41 Å². The van der Waals surface area contributed by atoms with Crippen molar-refractivity contribution in [2.75, 3.05) is 13.1 Å². The van der Waals surface area contributed by atoms with E-state index in [1.54, 1.807) is 0 Å². The van der Waals surface area contributed by atoms with Crippen molar-refractivity contribution in [3.8, 4) is 0 Å². The van der Waals surface area contributed by atoms with Crippen molar-refractivity contribution in [1.29, 1.82) is 0 Å². The third-order valence-corrected chi connectivity index (χ3v) is 3.25. The lowest BCUT2D eigenvalue weighted by Gasteiger charge is -2.37. The van der Waals surface area contributed by atoms with Crippen molar-refractivity contribution in [1.82, 2.24) is 4.90 Å². The molecule has 0 radical (unpaired) electrons. The zero-order valence-corrected chi connectivity index (χ0v) is 9.19. The maximum absolute atomic E-state index is 8.52. The van der Waals surface area contributed by atoms with E-state index in [-0.39, 0.29) is 11.0 Å². The molecule has 0 atom stereocenters. The number of rotatable bonds is 1. The molecule has 0 aromatic heterocycles. The summed E-state index contributed by atoms with van der Waals surface area (Å²) in [5, 5.41) is 0. The highest BCUT2D eigenvalue weighted by molar-refractivity contribution is 5.01. The van der Waals surface area contributed by atoms with Crippen LogP contribution in [0.2, 0.25) is 0 Å². The summed E-state index contributed by atoms with van der Waals surface area (Å²) in [7, 11) is 0. The molecule has 2 fully saturated rings. The van der Waals surface area contributed by atoms with Crippen molar-refractivity contribution >= 4 is 0 Å². The van der Waals surface area contributed by atoms with Gasteiger partial charge < -0.3 is 0 Å². The second-order valence-corrected chi connectivity index (χ2v) is 5.60. The van der Waals surface area contributed by atoms with Crippen molar-refractivity contribution in [3.63, 3.8) is 0 Å². The van der Waals surface area contributed by atoms with Crippen LogP contribution in [0.4, 0.5) is 0 Å². The molecule has 0 bridgehead atoms. The fraction of sp³-hybridized carbons (Fsp3) is 1.00. The molecular formula is C12H23N. The first-order valence-corrected chi connectivity index (χ1v) is 5.56. The number of fused-ring (bicyclic) bond motifs is 1. The lowest BCUT2D eigenvalue weighted by molar-refractivity contribution is 0.130. The summed E-state index contributed by atoms with van der Waals surface area (Å²) in [5.74, 6) is 0. The first-order chi connectivity index (χ1) is 6.81. The van der Waals surface area contributed by atoms with E-state index in [1.807, 2.05) is 20.8 Å². The van der Waals surface area contributed by atoms with Crippen LogP contribution in [-0.4, -0.2) is 23.5 Å². The lowest BCUT2D eigenvalue weighted by Crippen LogP contribution is -2.41. The molecule has 0 saturated carbocycles. The summed E-state index contributed by atoms with van der Waals surface area (Å²) >= 11 is 0. The molecule has 0 unspecified atom stereocenters. The topological polar surface area (TPSA) is 3.24 Å². The molecule has 0 amide bonds. The predicted octanol–water partition coefficient (Wildman–Crippen LogP) is 3.05. The molecule has 13 heavy (non-hydrogen) atoms. The van der Waals surface area contributed by atoms with Gasteiger partial charge in [0.2, 0.25) is 0 Å². The molecule has 2 rings (SSSR count). The summed E-state index contributed by atoms with van der Waals surface area (Å²) in [6.45, 7) is 8.33. The van der Waals surface area contributed by atoms with Gasteiger partial charge in [0.05, 0.1) is 0 Å². The summed E-state index contributed by atoms with van der Waals surface area (Å²) in [6.07, 6.45) is 3.38. The zero-order valence-electron chi connectivity index (χ0n) is 11.2. The van der Waals surface area contributed by atoms with Crippen molar-refractivity contribution < 1.29 is 2.74 Å². The molecule has 0 N–H and O–H groups in total. The molecule has 2 saturated heterocycles. The highest BCUT2D eigenvalue weighted by Gasteiger charge is 2.45. The van der Waals surface area contributed by atoms with Gasteiger partial charge >= 0.3 is 0 Å². The number of nitrogens with zero attached hydrogens (tertiary/aromatic N) is 1. The largest absolute Gasteiger partial charge is 0.298 e. The minimum absolute atomic E-state index is 0.148. The average Bonchev–Trinajstić information content (AvgIpc) is 2.57. The van der Waals surface area contributed by atoms with Gasteiger partial charge in [-0.1, -0.05) is 20.8 Å². The summed E-state index contributed by atoms with van der Waals surface area (Å²) in [6, 6.07) is 0. The van der Waals surface area contributed by atoms with Gasteiger partial charge in [0.15, 0.2) is 0 Å². The Morgan fingerprint density at radius 3 is 2.23 bits per heavy atom. The van der Waals surface area contributed by atoms with E-state index >= 15 is 0 Å². The molecule has 2 heterocycles. The van der Waals surface area contributed by atoms with Gasteiger partial charge in [-0.15, -0.1) is 0 Å². The third kappa shape index (κ3) is 1.76. The molecular weight excluding hydrogens is 158 g/mol. The van der Waals surface area contributed by atoms with Gasteiger partial charge in [-0.2, -0.15) is 0 Å². The van der Waals surface area contributed by atoms with Crippen LogP contribution >= 0.6 is 0 Å². The normalized spacial score (nSPS) is 31.3. The number of hydrogen-bond donors (Lipinski definition) is 0. The lowest BCUT2D eigenvalue weighted by atomic mass is 9.77. The molecule has 1 nitrogen and oxygen atoms in total. The highest BCUT2D eigenvalue weighted by atomic mass is 15.2. The monoisotopic (exact) mass is 183 g/mol. The van der Waals surface area contributed by atoms with Crippen LogP contribution in [-0.2, 0) is 0 Å². The molecule has 1 heteroatoms. The van der Waals surface area contributed by atoms with Gasteiger partial charge in [0.25, 0.3) is 0 Å². The Kier molecular flexibility index (Phi) is 1.67. The molecule has 0 spiro atoms. The fourth-order valence-corrected chi connectivity index (χ4v) is 3.01. The maximum atomic E-state index is 8.52. The van der Waals surface area contributed by atoms with Gasteiger partial charge in [0, 0.05) is 8.28 Å². The first-order valence-electron chi connectivity index (χ1n) is 6.56. The standard InChI is InChI=1S/C12H23N/c1-11(2,3)10-12-6-4-8-13(12)9-5-7-12/h4-10H2,1-3H3/i10D2. The predicted molar refractivity (Wildman–Crippen MR) is 56.8 cm³/mol. The number of hydrogen-bond acceptors (Lipinski definition) is 1. The summed E-state index contributed by atoms with van der Waals surface area (Å²) < 4.78 is 17.0. The Balaban J connectivity index is 2.35. The third-order valence-electron chi connectivity index (χ3n) is 3.25. The minimum atomic E-state index is -1.08. The maximum Gasteiger partial charge on any atom is 0.0291 e. The Bertz CT molecular complexity index is 245. The van der Waals surface area contributed by atoms with Crippen LogP contribution in [0.1, 0.15) is 55.6 Å².